The lowest BCUT2D eigenvalue weighted by Crippen LogP contribution is -2.30. The Morgan fingerprint density at radius 1 is 1.14 bits per heavy atom. The van der Waals surface area contributed by atoms with Crippen LogP contribution in [0.15, 0.2) is 18.2 Å². The van der Waals surface area contributed by atoms with E-state index in [0.717, 1.165) is 25.7 Å². The number of nitrogens with two attached hydrogens (primary N) is 1. The highest BCUT2D eigenvalue weighted by molar-refractivity contribution is 5.76. The smallest absolute Gasteiger partial charge is 0.222 e. The zero-order valence-corrected chi connectivity index (χ0v) is 12.6. The summed E-state index contributed by atoms with van der Waals surface area (Å²) in [6.07, 6.45) is 4.13. The van der Waals surface area contributed by atoms with Gasteiger partial charge in [0.15, 0.2) is 0 Å². The van der Waals surface area contributed by atoms with Crippen molar-refractivity contribution < 1.29 is 13.6 Å². The maximum Gasteiger partial charge on any atom is 0.222 e. The zero-order chi connectivity index (χ0) is 15.7. The van der Waals surface area contributed by atoms with Gasteiger partial charge in [0.1, 0.15) is 11.6 Å². The number of carbonyl (C=O) groups excluding carboxylic acids is 1. The summed E-state index contributed by atoms with van der Waals surface area (Å²) in [6.45, 7) is 2.90. The van der Waals surface area contributed by atoms with Gasteiger partial charge in [0.25, 0.3) is 0 Å². The summed E-state index contributed by atoms with van der Waals surface area (Å²) in [5, 5.41) is 0. The molecule has 0 saturated heterocycles. The fourth-order valence-corrected chi connectivity index (χ4v) is 2.18. The molecule has 0 fully saturated rings. The van der Waals surface area contributed by atoms with Crippen molar-refractivity contribution >= 4 is 5.91 Å². The van der Waals surface area contributed by atoms with Crippen molar-refractivity contribution in [2.24, 2.45) is 5.73 Å². The summed E-state index contributed by atoms with van der Waals surface area (Å²) in [7, 11) is 0. The van der Waals surface area contributed by atoms with Gasteiger partial charge >= 0.3 is 0 Å². The minimum Gasteiger partial charge on any atom is -0.338 e. The highest BCUT2D eigenvalue weighted by Crippen LogP contribution is 2.16. The molecular formula is C16H24F2N2O. The summed E-state index contributed by atoms with van der Waals surface area (Å²) in [4.78, 5) is 13.6. The lowest BCUT2D eigenvalue weighted by Gasteiger charge is -2.21. The third kappa shape index (κ3) is 5.79. The average Bonchev–Trinajstić information content (AvgIpc) is 2.46. The van der Waals surface area contributed by atoms with Crippen molar-refractivity contribution in [1.82, 2.24) is 4.90 Å². The number of amides is 1. The predicted octanol–water partition coefficient (Wildman–Crippen LogP) is 3.22. The molecule has 0 aromatic heterocycles. The van der Waals surface area contributed by atoms with Crippen molar-refractivity contribution in [3.63, 3.8) is 0 Å². The highest BCUT2D eigenvalue weighted by Gasteiger charge is 2.16. The molecule has 0 aliphatic heterocycles. The van der Waals surface area contributed by atoms with Gasteiger partial charge in [-0.1, -0.05) is 18.9 Å². The van der Waals surface area contributed by atoms with Crippen molar-refractivity contribution in [2.75, 3.05) is 13.1 Å². The summed E-state index contributed by atoms with van der Waals surface area (Å²) in [5.41, 5.74) is 5.36. The minimum atomic E-state index is -0.607. The van der Waals surface area contributed by atoms with Gasteiger partial charge in [0, 0.05) is 18.5 Å². The maximum absolute atomic E-state index is 13.6. The van der Waals surface area contributed by atoms with Crippen LogP contribution in [0.2, 0.25) is 0 Å². The van der Waals surface area contributed by atoms with Crippen LogP contribution in [0.4, 0.5) is 8.78 Å². The van der Waals surface area contributed by atoms with Crippen LogP contribution in [0.3, 0.4) is 0 Å². The van der Waals surface area contributed by atoms with E-state index in [2.05, 4.69) is 0 Å². The Kier molecular flexibility index (Phi) is 7.90. The van der Waals surface area contributed by atoms with Crippen molar-refractivity contribution in [3.05, 3.63) is 35.4 Å². The second-order valence-electron chi connectivity index (χ2n) is 5.06. The molecule has 0 bridgehead atoms. The third-order valence-electron chi connectivity index (χ3n) is 3.49. The molecule has 0 unspecified atom stereocenters. The van der Waals surface area contributed by atoms with Crippen molar-refractivity contribution in [3.8, 4) is 0 Å². The van der Waals surface area contributed by atoms with Crippen molar-refractivity contribution in [2.45, 2.75) is 45.6 Å². The van der Waals surface area contributed by atoms with Crippen LogP contribution in [0.1, 0.15) is 44.6 Å². The number of rotatable bonds is 9. The Labute approximate surface area is 125 Å². The Bertz CT molecular complexity index is 432. The highest BCUT2D eigenvalue weighted by atomic mass is 19.1. The Morgan fingerprint density at radius 3 is 2.33 bits per heavy atom. The maximum atomic E-state index is 13.6. The first-order valence-corrected chi connectivity index (χ1v) is 7.50. The average molecular weight is 298 g/mol. The fraction of sp³-hybridized carbons (Fsp3) is 0.562. The quantitative estimate of drug-likeness (QED) is 0.712. The summed E-state index contributed by atoms with van der Waals surface area (Å²) in [6, 6.07) is 3.75. The van der Waals surface area contributed by atoms with Crippen LogP contribution >= 0.6 is 0 Å². The molecule has 0 saturated carbocycles. The van der Waals surface area contributed by atoms with E-state index in [1.54, 1.807) is 0 Å². The predicted molar refractivity (Wildman–Crippen MR) is 79.6 cm³/mol. The molecule has 1 aromatic rings. The largest absolute Gasteiger partial charge is 0.338 e. The van der Waals surface area contributed by atoms with E-state index in [0.29, 0.717) is 19.5 Å². The van der Waals surface area contributed by atoms with E-state index in [9.17, 15) is 13.6 Å². The number of unbranched alkanes of at least 4 members (excludes halogenated alkanes) is 3. The van der Waals surface area contributed by atoms with Gasteiger partial charge in [0.2, 0.25) is 5.91 Å². The molecule has 0 aliphatic carbocycles. The van der Waals surface area contributed by atoms with Gasteiger partial charge < -0.3 is 10.6 Å². The zero-order valence-electron chi connectivity index (χ0n) is 12.6. The molecular weight excluding hydrogens is 274 g/mol. The SMILES string of the molecule is CCN(Cc1c(F)cccc1F)C(=O)CCCCCCN. The van der Waals surface area contributed by atoms with Crippen LogP contribution in [-0.2, 0) is 11.3 Å². The van der Waals surface area contributed by atoms with E-state index < -0.39 is 11.6 Å². The molecule has 2 N–H and O–H groups in total. The normalized spacial score (nSPS) is 10.7. The first-order chi connectivity index (χ1) is 10.1. The fourth-order valence-electron chi connectivity index (χ4n) is 2.18. The van der Waals surface area contributed by atoms with Gasteiger partial charge in [0.05, 0.1) is 6.54 Å². The van der Waals surface area contributed by atoms with Crippen molar-refractivity contribution in [1.29, 1.82) is 0 Å². The second-order valence-corrected chi connectivity index (χ2v) is 5.06. The Morgan fingerprint density at radius 2 is 1.76 bits per heavy atom. The van der Waals surface area contributed by atoms with E-state index in [1.165, 1.54) is 23.1 Å². The second kappa shape index (κ2) is 9.45. The third-order valence-corrected chi connectivity index (χ3v) is 3.49. The molecule has 0 radical (unpaired) electrons. The molecule has 1 amide bonds. The number of hydrogen-bond donors (Lipinski definition) is 1. The van der Waals surface area contributed by atoms with Gasteiger partial charge in [-0.05, 0) is 38.4 Å². The molecule has 0 heterocycles. The number of carbonyl (C=O) groups is 1. The summed E-state index contributed by atoms with van der Waals surface area (Å²) < 4.78 is 27.2. The van der Waals surface area contributed by atoms with E-state index in [-0.39, 0.29) is 18.0 Å². The molecule has 5 heteroatoms. The molecule has 3 nitrogen and oxygen atoms in total. The first kappa shape index (κ1) is 17.6. The molecule has 0 spiro atoms. The van der Waals surface area contributed by atoms with Crippen LogP contribution < -0.4 is 5.73 Å². The van der Waals surface area contributed by atoms with Gasteiger partial charge in [-0.15, -0.1) is 0 Å². The molecule has 0 aliphatic rings. The van der Waals surface area contributed by atoms with Gasteiger partial charge in [-0.3, -0.25) is 4.79 Å². The first-order valence-electron chi connectivity index (χ1n) is 7.50. The molecule has 118 valence electrons. The molecule has 21 heavy (non-hydrogen) atoms. The van der Waals surface area contributed by atoms with Gasteiger partial charge in [-0.2, -0.15) is 0 Å². The van der Waals surface area contributed by atoms with Crippen LogP contribution in [-0.4, -0.2) is 23.9 Å². The van der Waals surface area contributed by atoms with E-state index in [4.69, 9.17) is 5.73 Å². The Hall–Kier alpha value is -1.49. The summed E-state index contributed by atoms with van der Waals surface area (Å²) >= 11 is 0. The van der Waals surface area contributed by atoms with Gasteiger partial charge in [-0.25, -0.2) is 8.78 Å². The molecule has 1 rings (SSSR count). The van der Waals surface area contributed by atoms with E-state index in [1.807, 2.05) is 6.92 Å². The molecule has 1 aromatic carbocycles. The monoisotopic (exact) mass is 298 g/mol. The number of nitrogens with zero attached hydrogens (tertiary/aromatic N) is 1. The standard InChI is InChI=1S/C16H24F2N2O/c1-2-20(16(21)10-5-3-4-6-11-19)12-13-14(17)8-7-9-15(13)18/h7-9H,2-6,10-12,19H2,1H3. The molecule has 0 atom stereocenters. The number of halogens is 2. The van der Waals surface area contributed by atoms with Crippen LogP contribution in [0.25, 0.3) is 0 Å². The van der Waals surface area contributed by atoms with Crippen LogP contribution in [0.5, 0.6) is 0 Å². The topological polar surface area (TPSA) is 46.3 Å². The van der Waals surface area contributed by atoms with E-state index >= 15 is 0 Å². The Balaban J connectivity index is 2.52. The lowest BCUT2D eigenvalue weighted by atomic mass is 10.1. The lowest BCUT2D eigenvalue weighted by molar-refractivity contribution is -0.131. The van der Waals surface area contributed by atoms with Crippen LogP contribution in [0, 0.1) is 11.6 Å². The summed E-state index contributed by atoms with van der Waals surface area (Å²) in [5.74, 6) is -1.28. The minimum absolute atomic E-state index is 0.0172. The number of hydrogen-bond acceptors (Lipinski definition) is 2. The number of benzene rings is 1.